The maximum Gasteiger partial charge on any atom is 0.127 e. The summed E-state index contributed by atoms with van der Waals surface area (Å²) in [5, 5.41) is 0. The number of hydrogen-bond acceptors (Lipinski definition) is 2. The maximum absolute atomic E-state index is 6.28. The number of nitrogens with two attached hydrogens (primary N) is 1. The van der Waals surface area contributed by atoms with Gasteiger partial charge in [-0.3, -0.25) is 0 Å². The molecule has 0 saturated heterocycles. The molecule has 1 aliphatic heterocycles. The van der Waals surface area contributed by atoms with Crippen LogP contribution in [0.4, 0.5) is 0 Å². The molecule has 2 N–H and O–H groups in total. The molecule has 1 aliphatic rings. The number of hydrogen-bond donors (Lipinski definition) is 1. The van der Waals surface area contributed by atoms with Gasteiger partial charge in [-0.1, -0.05) is 22.9 Å². The molecule has 1 aromatic carbocycles. The van der Waals surface area contributed by atoms with Crippen LogP contribution in [0.25, 0.3) is 0 Å². The van der Waals surface area contributed by atoms with Gasteiger partial charge in [-0.15, -0.1) is 0 Å². The van der Waals surface area contributed by atoms with Crippen molar-refractivity contribution in [1.82, 2.24) is 0 Å². The Bertz CT molecular complexity index is 387. The van der Waals surface area contributed by atoms with E-state index >= 15 is 0 Å². The average Bonchev–Trinajstić information content (AvgIpc) is 2.18. The summed E-state index contributed by atoms with van der Waals surface area (Å²) in [6.45, 7) is 4.92. The Morgan fingerprint density at radius 2 is 2.27 bits per heavy atom. The zero-order valence-electron chi connectivity index (χ0n) is 9.14. The first-order valence-corrected chi connectivity index (χ1v) is 6.08. The Morgan fingerprint density at radius 3 is 2.93 bits per heavy atom. The number of benzene rings is 1. The predicted octanol–water partition coefficient (Wildman–Crippen LogP) is 2.97. The van der Waals surface area contributed by atoms with Gasteiger partial charge in [-0.05, 0) is 31.0 Å². The quantitative estimate of drug-likeness (QED) is 0.851. The summed E-state index contributed by atoms with van der Waals surface area (Å²) in [5.74, 6) is 0.997. The molecule has 1 atom stereocenters. The van der Waals surface area contributed by atoms with Crippen molar-refractivity contribution in [2.45, 2.75) is 32.2 Å². The normalized spacial score (nSPS) is 24.5. The molecule has 1 heterocycles. The Hall–Kier alpha value is -0.540. The van der Waals surface area contributed by atoms with E-state index in [0.29, 0.717) is 6.61 Å². The molecule has 0 aromatic heterocycles. The lowest BCUT2D eigenvalue weighted by molar-refractivity contribution is 0.225. The minimum atomic E-state index is -0.263. The van der Waals surface area contributed by atoms with Crippen molar-refractivity contribution < 1.29 is 4.74 Å². The summed E-state index contributed by atoms with van der Waals surface area (Å²) in [7, 11) is 0. The van der Waals surface area contributed by atoms with E-state index in [1.54, 1.807) is 0 Å². The lowest BCUT2D eigenvalue weighted by atomic mass is 9.86. The molecule has 0 radical (unpaired) electrons. The molecule has 2 nitrogen and oxygen atoms in total. The summed E-state index contributed by atoms with van der Waals surface area (Å²) < 4.78 is 6.82. The van der Waals surface area contributed by atoms with Crippen LogP contribution in [-0.2, 0) is 12.0 Å². The number of aryl methyl sites for hydroxylation is 1. The topological polar surface area (TPSA) is 35.2 Å². The number of rotatable bonds is 1. The van der Waals surface area contributed by atoms with Gasteiger partial charge >= 0.3 is 0 Å². The van der Waals surface area contributed by atoms with Gasteiger partial charge in [0.1, 0.15) is 5.75 Å². The number of ether oxygens (including phenoxy) is 1. The molecule has 0 saturated carbocycles. The van der Waals surface area contributed by atoms with Crippen LogP contribution in [-0.4, -0.2) is 6.61 Å². The van der Waals surface area contributed by atoms with E-state index in [4.69, 9.17) is 10.5 Å². The molecule has 3 heteroatoms. The standard InChI is InChI=1S/C12H16BrNO/c1-3-8-6-9(13)7-10-11(8)15-5-4-12(10,2)14/h6-7H,3-5,14H2,1-2H3. The minimum absolute atomic E-state index is 0.263. The predicted molar refractivity (Wildman–Crippen MR) is 65.2 cm³/mol. The van der Waals surface area contributed by atoms with Crippen LogP contribution in [0.15, 0.2) is 16.6 Å². The van der Waals surface area contributed by atoms with Gasteiger partial charge in [0.15, 0.2) is 0 Å². The lowest BCUT2D eigenvalue weighted by Crippen LogP contribution is -2.38. The minimum Gasteiger partial charge on any atom is -0.493 e. The molecule has 0 bridgehead atoms. The van der Waals surface area contributed by atoms with E-state index in [-0.39, 0.29) is 5.54 Å². The van der Waals surface area contributed by atoms with Crippen molar-refractivity contribution in [2.75, 3.05) is 6.61 Å². The molecular weight excluding hydrogens is 254 g/mol. The third kappa shape index (κ3) is 1.91. The van der Waals surface area contributed by atoms with Crippen molar-refractivity contribution in [3.63, 3.8) is 0 Å². The third-order valence-electron chi connectivity index (χ3n) is 2.99. The first-order valence-electron chi connectivity index (χ1n) is 5.29. The highest BCUT2D eigenvalue weighted by atomic mass is 79.9. The monoisotopic (exact) mass is 269 g/mol. The van der Waals surface area contributed by atoms with Gasteiger partial charge in [0.05, 0.1) is 6.61 Å². The van der Waals surface area contributed by atoms with E-state index in [1.165, 1.54) is 5.56 Å². The zero-order chi connectivity index (χ0) is 11.1. The Morgan fingerprint density at radius 1 is 1.53 bits per heavy atom. The molecule has 0 fully saturated rings. The molecular formula is C12H16BrNO. The van der Waals surface area contributed by atoms with Crippen LogP contribution in [0, 0.1) is 0 Å². The van der Waals surface area contributed by atoms with Gasteiger partial charge in [0, 0.05) is 22.0 Å². The Labute approximate surface area is 98.9 Å². The van der Waals surface area contributed by atoms with Gasteiger partial charge in [-0.2, -0.15) is 0 Å². The summed E-state index contributed by atoms with van der Waals surface area (Å²) in [6.07, 6.45) is 1.84. The smallest absolute Gasteiger partial charge is 0.127 e. The van der Waals surface area contributed by atoms with E-state index in [9.17, 15) is 0 Å². The molecule has 0 aliphatic carbocycles. The van der Waals surface area contributed by atoms with Gasteiger partial charge in [-0.25, -0.2) is 0 Å². The maximum atomic E-state index is 6.28. The second-order valence-electron chi connectivity index (χ2n) is 4.31. The van der Waals surface area contributed by atoms with Crippen LogP contribution in [0.3, 0.4) is 0 Å². The highest BCUT2D eigenvalue weighted by Gasteiger charge is 2.30. The largest absolute Gasteiger partial charge is 0.493 e. The average molecular weight is 270 g/mol. The van der Waals surface area contributed by atoms with Crippen LogP contribution >= 0.6 is 15.9 Å². The van der Waals surface area contributed by atoms with E-state index in [2.05, 4.69) is 41.9 Å². The first kappa shape index (κ1) is 11.0. The third-order valence-corrected chi connectivity index (χ3v) is 3.45. The second-order valence-corrected chi connectivity index (χ2v) is 5.23. The van der Waals surface area contributed by atoms with Gasteiger partial charge in [0.2, 0.25) is 0 Å². The van der Waals surface area contributed by atoms with E-state index in [1.807, 2.05) is 0 Å². The van der Waals surface area contributed by atoms with Crippen molar-refractivity contribution in [3.05, 3.63) is 27.7 Å². The Balaban J connectivity index is 2.61. The fourth-order valence-electron chi connectivity index (χ4n) is 2.01. The number of halogens is 1. The lowest BCUT2D eigenvalue weighted by Gasteiger charge is -2.33. The van der Waals surface area contributed by atoms with E-state index in [0.717, 1.165) is 28.6 Å². The highest BCUT2D eigenvalue weighted by Crippen LogP contribution is 2.39. The van der Waals surface area contributed by atoms with E-state index < -0.39 is 0 Å². The molecule has 1 aromatic rings. The molecule has 2 rings (SSSR count). The Kier molecular flexibility index (Phi) is 2.77. The van der Waals surface area contributed by atoms with Crippen LogP contribution < -0.4 is 10.5 Å². The first-order chi connectivity index (χ1) is 7.04. The number of fused-ring (bicyclic) bond motifs is 1. The van der Waals surface area contributed by atoms with Gasteiger partial charge in [0.25, 0.3) is 0 Å². The van der Waals surface area contributed by atoms with Crippen LogP contribution in [0.2, 0.25) is 0 Å². The molecule has 15 heavy (non-hydrogen) atoms. The molecule has 82 valence electrons. The summed E-state index contributed by atoms with van der Waals surface area (Å²) in [5.41, 5.74) is 8.38. The van der Waals surface area contributed by atoms with Crippen molar-refractivity contribution >= 4 is 15.9 Å². The zero-order valence-corrected chi connectivity index (χ0v) is 10.7. The van der Waals surface area contributed by atoms with Crippen molar-refractivity contribution in [1.29, 1.82) is 0 Å². The summed E-state index contributed by atoms with van der Waals surface area (Å²) in [6, 6.07) is 4.19. The molecule has 0 amide bonds. The molecule has 0 spiro atoms. The van der Waals surface area contributed by atoms with Crippen LogP contribution in [0.1, 0.15) is 31.4 Å². The summed E-state index contributed by atoms with van der Waals surface area (Å²) in [4.78, 5) is 0. The van der Waals surface area contributed by atoms with Crippen molar-refractivity contribution in [3.8, 4) is 5.75 Å². The SMILES string of the molecule is CCc1cc(Br)cc2c1OCCC2(C)N. The van der Waals surface area contributed by atoms with Crippen molar-refractivity contribution in [2.24, 2.45) is 5.73 Å². The second kappa shape index (κ2) is 3.80. The summed E-state index contributed by atoms with van der Waals surface area (Å²) >= 11 is 3.52. The van der Waals surface area contributed by atoms with Gasteiger partial charge < -0.3 is 10.5 Å². The molecule has 1 unspecified atom stereocenters. The fourth-order valence-corrected chi connectivity index (χ4v) is 2.51. The highest BCUT2D eigenvalue weighted by molar-refractivity contribution is 9.10. The fraction of sp³-hybridized carbons (Fsp3) is 0.500. The van der Waals surface area contributed by atoms with Crippen LogP contribution in [0.5, 0.6) is 5.75 Å².